The van der Waals surface area contributed by atoms with Crippen molar-refractivity contribution in [3.8, 4) is 0 Å². The Morgan fingerprint density at radius 1 is 1.36 bits per heavy atom. The standard InChI is InChI=1S/C11H15ClFN/c1-2-11(12)14-8-7-9-3-5-10(13)6-4-9/h3-6,11,14H,2,7-8H2,1H3. The van der Waals surface area contributed by atoms with Crippen molar-refractivity contribution in [3.05, 3.63) is 35.6 Å². The summed E-state index contributed by atoms with van der Waals surface area (Å²) in [6.07, 6.45) is 1.79. The van der Waals surface area contributed by atoms with Gasteiger partial charge < -0.3 is 5.32 Å². The second kappa shape index (κ2) is 5.99. The van der Waals surface area contributed by atoms with Crippen molar-refractivity contribution in [2.24, 2.45) is 0 Å². The predicted octanol–water partition coefficient (Wildman–Crippen LogP) is 2.93. The molecule has 0 bridgehead atoms. The zero-order valence-electron chi connectivity index (χ0n) is 8.26. The van der Waals surface area contributed by atoms with Crippen LogP contribution in [0.4, 0.5) is 4.39 Å². The zero-order chi connectivity index (χ0) is 10.4. The topological polar surface area (TPSA) is 12.0 Å². The van der Waals surface area contributed by atoms with E-state index in [4.69, 9.17) is 11.6 Å². The molecule has 0 amide bonds. The Morgan fingerprint density at radius 3 is 2.57 bits per heavy atom. The van der Waals surface area contributed by atoms with Crippen LogP contribution in [0.15, 0.2) is 24.3 Å². The lowest BCUT2D eigenvalue weighted by Gasteiger charge is -2.08. The number of nitrogens with one attached hydrogen (secondary N) is 1. The molecule has 0 saturated heterocycles. The maximum Gasteiger partial charge on any atom is 0.123 e. The average molecular weight is 216 g/mol. The molecule has 1 nitrogen and oxygen atoms in total. The van der Waals surface area contributed by atoms with Gasteiger partial charge in [-0.25, -0.2) is 4.39 Å². The molecule has 0 aromatic heterocycles. The van der Waals surface area contributed by atoms with Crippen LogP contribution >= 0.6 is 11.6 Å². The van der Waals surface area contributed by atoms with Crippen LogP contribution in [0.25, 0.3) is 0 Å². The van der Waals surface area contributed by atoms with Gasteiger partial charge in [-0.3, -0.25) is 0 Å². The normalized spacial score (nSPS) is 12.8. The van der Waals surface area contributed by atoms with Gasteiger partial charge >= 0.3 is 0 Å². The second-order valence-electron chi connectivity index (χ2n) is 3.21. The van der Waals surface area contributed by atoms with Crippen molar-refractivity contribution in [1.29, 1.82) is 0 Å². The molecule has 1 rings (SSSR count). The summed E-state index contributed by atoms with van der Waals surface area (Å²) in [5.74, 6) is -0.189. The number of alkyl halides is 1. The molecule has 14 heavy (non-hydrogen) atoms. The number of hydrogen-bond donors (Lipinski definition) is 1. The van der Waals surface area contributed by atoms with Crippen LogP contribution in [0.5, 0.6) is 0 Å². The Balaban J connectivity index is 2.28. The Kier molecular flexibility index (Phi) is 4.91. The third-order valence-corrected chi connectivity index (χ3v) is 2.51. The molecule has 0 fully saturated rings. The van der Waals surface area contributed by atoms with E-state index in [1.165, 1.54) is 12.1 Å². The van der Waals surface area contributed by atoms with Crippen LogP contribution in [0.1, 0.15) is 18.9 Å². The van der Waals surface area contributed by atoms with Gasteiger partial charge in [-0.1, -0.05) is 19.1 Å². The SMILES string of the molecule is CCC(Cl)NCCc1ccc(F)cc1. The van der Waals surface area contributed by atoms with Crippen molar-refractivity contribution in [3.63, 3.8) is 0 Å². The Hall–Kier alpha value is -0.600. The Morgan fingerprint density at radius 2 is 2.00 bits per heavy atom. The van der Waals surface area contributed by atoms with Crippen LogP contribution in [0.3, 0.4) is 0 Å². The first kappa shape index (κ1) is 11.5. The van der Waals surface area contributed by atoms with E-state index in [0.29, 0.717) is 0 Å². The van der Waals surface area contributed by atoms with E-state index in [9.17, 15) is 4.39 Å². The molecule has 1 N–H and O–H groups in total. The number of hydrogen-bond acceptors (Lipinski definition) is 1. The van der Waals surface area contributed by atoms with Crippen molar-refractivity contribution in [2.75, 3.05) is 6.54 Å². The number of rotatable bonds is 5. The summed E-state index contributed by atoms with van der Waals surface area (Å²) in [6.45, 7) is 2.86. The van der Waals surface area contributed by atoms with Gasteiger partial charge in [-0.15, -0.1) is 11.6 Å². The van der Waals surface area contributed by atoms with E-state index in [0.717, 1.165) is 24.9 Å². The van der Waals surface area contributed by atoms with Gasteiger partial charge in [0.25, 0.3) is 0 Å². The second-order valence-corrected chi connectivity index (χ2v) is 3.73. The summed E-state index contributed by atoms with van der Waals surface area (Å²) in [5, 5.41) is 3.17. The minimum absolute atomic E-state index is 0.0375. The molecule has 0 saturated carbocycles. The molecule has 0 aliphatic heterocycles. The fourth-order valence-corrected chi connectivity index (χ4v) is 1.28. The molecular weight excluding hydrogens is 201 g/mol. The molecule has 3 heteroatoms. The van der Waals surface area contributed by atoms with Crippen molar-refractivity contribution < 1.29 is 4.39 Å². The van der Waals surface area contributed by atoms with Gasteiger partial charge in [0.1, 0.15) is 5.82 Å². The highest BCUT2D eigenvalue weighted by Gasteiger charge is 1.99. The third kappa shape index (κ3) is 4.07. The molecular formula is C11H15ClFN. The van der Waals surface area contributed by atoms with Crippen LogP contribution < -0.4 is 5.32 Å². The Bertz CT molecular complexity index is 260. The Labute approximate surface area is 89.3 Å². The minimum Gasteiger partial charge on any atom is -0.301 e. The predicted molar refractivity (Wildman–Crippen MR) is 58.0 cm³/mol. The van der Waals surface area contributed by atoms with Crippen molar-refractivity contribution in [2.45, 2.75) is 25.3 Å². The fourth-order valence-electron chi connectivity index (χ4n) is 1.17. The lowest BCUT2D eigenvalue weighted by Crippen LogP contribution is -2.25. The van der Waals surface area contributed by atoms with Gasteiger partial charge in [-0.05, 0) is 30.5 Å². The van der Waals surface area contributed by atoms with Crippen LogP contribution in [-0.4, -0.2) is 12.0 Å². The molecule has 0 heterocycles. The van der Waals surface area contributed by atoms with Crippen LogP contribution in [0, 0.1) is 5.82 Å². The monoisotopic (exact) mass is 215 g/mol. The summed E-state index contributed by atoms with van der Waals surface area (Å²) in [7, 11) is 0. The lowest BCUT2D eigenvalue weighted by molar-refractivity contribution is 0.618. The molecule has 0 aliphatic carbocycles. The molecule has 78 valence electrons. The van der Waals surface area contributed by atoms with Crippen LogP contribution in [-0.2, 0) is 6.42 Å². The zero-order valence-corrected chi connectivity index (χ0v) is 9.02. The highest BCUT2D eigenvalue weighted by molar-refractivity contribution is 6.20. The first-order chi connectivity index (χ1) is 6.72. The van der Waals surface area contributed by atoms with E-state index < -0.39 is 0 Å². The van der Waals surface area contributed by atoms with Gasteiger partial charge in [0.15, 0.2) is 0 Å². The van der Waals surface area contributed by atoms with E-state index in [1.54, 1.807) is 12.1 Å². The highest BCUT2D eigenvalue weighted by atomic mass is 35.5. The summed E-state index contributed by atoms with van der Waals surface area (Å²) < 4.78 is 12.6. The first-order valence-corrected chi connectivity index (χ1v) is 5.28. The molecule has 1 atom stereocenters. The number of benzene rings is 1. The molecule has 0 radical (unpaired) electrons. The maximum atomic E-state index is 12.6. The fraction of sp³-hybridized carbons (Fsp3) is 0.455. The smallest absolute Gasteiger partial charge is 0.123 e. The summed E-state index contributed by atoms with van der Waals surface area (Å²) in [5.41, 5.74) is 1.16. The average Bonchev–Trinajstić information content (AvgIpc) is 2.21. The first-order valence-electron chi connectivity index (χ1n) is 4.84. The van der Waals surface area contributed by atoms with Crippen molar-refractivity contribution in [1.82, 2.24) is 5.32 Å². The molecule has 1 aromatic rings. The van der Waals surface area contributed by atoms with Gasteiger partial charge in [0.2, 0.25) is 0 Å². The summed E-state index contributed by atoms with van der Waals surface area (Å²) >= 11 is 5.89. The highest BCUT2D eigenvalue weighted by Crippen LogP contribution is 2.03. The maximum absolute atomic E-state index is 12.6. The largest absolute Gasteiger partial charge is 0.301 e. The minimum atomic E-state index is -0.189. The van der Waals surface area contributed by atoms with Crippen molar-refractivity contribution >= 4 is 11.6 Å². The third-order valence-electron chi connectivity index (χ3n) is 2.05. The molecule has 0 spiro atoms. The molecule has 1 unspecified atom stereocenters. The van der Waals surface area contributed by atoms with E-state index in [-0.39, 0.29) is 11.3 Å². The molecule has 1 aromatic carbocycles. The summed E-state index contributed by atoms with van der Waals surface area (Å²) in [6, 6.07) is 6.55. The lowest BCUT2D eigenvalue weighted by atomic mass is 10.1. The van der Waals surface area contributed by atoms with E-state index >= 15 is 0 Å². The quantitative estimate of drug-likeness (QED) is 0.588. The van der Waals surface area contributed by atoms with Gasteiger partial charge in [0.05, 0.1) is 5.50 Å². The van der Waals surface area contributed by atoms with Crippen LogP contribution in [0.2, 0.25) is 0 Å². The van der Waals surface area contributed by atoms with Gasteiger partial charge in [-0.2, -0.15) is 0 Å². The summed E-state index contributed by atoms with van der Waals surface area (Å²) in [4.78, 5) is 0. The number of halogens is 2. The van der Waals surface area contributed by atoms with E-state index in [2.05, 4.69) is 5.32 Å². The van der Waals surface area contributed by atoms with E-state index in [1.807, 2.05) is 6.92 Å². The molecule has 0 aliphatic rings. The van der Waals surface area contributed by atoms with Gasteiger partial charge in [0, 0.05) is 6.54 Å².